The maximum atomic E-state index is 12.0. The molecule has 0 heterocycles. The molecule has 25 heavy (non-hydrogen) atoms. The number of rotatable bonds is 14. The summed E-state index contributed by atoms with van der Waals surface area (Å²) in [6, 6.07) is -0.0756. The average molecular weight is 356 g/mol. The van der Waals surface area contributed by atoms with Gasteiger partial charge in [-0.1, -0.05) is 27.7 Å². The Labute approximate surface area is 149 Å². The maximum absolute atomic E-state index is 12.0. The van der Waals surface area contributed by atoms with E-state index in [-0.39, 0.29) is 42.4 Å². The lowest BCUT2D eigenvalue weighted by atomic mass is 9.99. The van der Waals surface area contributed by atoms with E-state index in [0.29, 0.717) is 25.7 Å². The standard InChI is InChI=1S/C17H32N4O4/c1-5-14(20-10-22)7-12(3)16(24)18-9-19-17(25)13(4)8-15(6-2)21-11-23/h10-15H,5-9H2,1-4H3,(H,18,24)(H,19,25)(H,20,22)(H,21,23). The summed E-state index contributed by atoms with van der Waals surface area (Å²) in [7, 11) is 0. The largest absolute Gasteiger partial charge is 0.356 e. The Morgan fingerprint density at radius 2 is 1.16 bits per heavy atom. The van der Waals surface area contributed by atoms with Gasteiger partial charge in [-0.3, -0.25) is 19.2 Å². The monoisotopic (exact) mass is 356 g/mol. The van der Waals surface area contributed by atoms with Gasteiger partial charge in [0, 0.05) is 23.9 Å². The van der Waals surface area contributed by atoms with Gasteiger partial charge in [0.2, 0.25) is 24.6 Å². The van der Waals surface area contributed by atoms with E-state index in [2.05, 4.69) is 21.3 Å². The van der Waals surface area contributed by atoms with Gasteiger partial charge in [0.05, 0.1) is 6.67 Å². The molecule has 8 nitrogen and oxygen atoms in total. The smallest absolute Gasteiger partial charge is 0.224 e. The van der Waals surface area contributed by atoms with E-state index in [0.717, 1.165) is 12.8 Å². The molecule has 144 valence electrons. The molecule has 0 aliphatic heterocycles. The molecule has 8 heteroatoms. The molecule has 0 spiro atoms. The first kappa shape index (κ1) is 22.9. The van der Waals surface area contributed by atoms with Crippen LogP contribution in [0.25, 0.3) is 0 Å². The third-order valence-electron chi connectivity index (χ3n) is 4.29. The van der Waals surface area contributed by atoms with E-state index in [9.17, 15) is 19.2 Å². The number of hydrogen-bond donors (Lipinski definition) is 4. The van der Waals surface area contributed by atoms with Crippen LogP contribution in [0, 0.1) is 11.8 Å². The molecule has 4 atom stereocenters. The Hall–Kier alpha value is -2.12. The summed E-state index contributed by atoms with van der Waals surface area (Å²) >= 11 is 0. The normalized spacial score (nSPS) is 15.2. The lowest BCUT2D eigenvalue weighted by Gasteiger charge is -2.20. The van der Waals surface area contributed by atoms with Crippen molar-refractivity contribution in [2.45, 2.75) is 65.5 Å². The Kier molecular flexibility index (Phi) is 12.1. The molecule has 0 bridgehead atoms. The van der Waals surface area contributed by atoms with Crippen molar-refractivity contribution in [1.29, 1.82) is 0 Å². The van der Waals surface area contributed by atoms with Crippen molar-refractivity contribution in [1.82, 2.24) is 21.3 Å². The topological polar surface area (TPSA) is 116 Å². The predicted molar refractivity (Wildman–Crippen MR) is 95.3 cm³/mol. The van der Waals surface area contributed by atoms with Gasteiger partial charge < -0.3 is 21.3 Å². The van der Waals surface area contributed by atoms with E-state index in [4.69, 9.17) is 0 Å². The average Bonchev–Trinajstić information content (AvgIpc) is 2.60. The second-order valence-corrected chi connectivity index (χ2v) is 6.31. The van der Waals surface area contributed by atoms with Gasteiger partial charge in [0.25, 0.3) is 0 Å². The molecule has 0 aromatic heterocycles. The summed E-state index contributed by atoms with van der Waals surface area (Å²) in [5, 5.41) is 10.7. The molecule has 4 unspecified atom stereocenters. The highest BCUT2D eigenvalue weighted by Crippen LogP contribution is 2.09. The van der Waals surface area contributed by atoms with Crippen LogP contribution < -0.4 is 21.3 Å². The summed E-state index contributed by atoms with van der Waals surface area (Å²) in [6.07, 6.45) is 3.87. The lowest BCUT2D eigenvalue weighted by molar-refractivity contribution is -0.127. The van der Waals surface area contributed by atoms with Crippen molar-refractivity contribution in [3.05, 3.63) is 0 Å². The summed E-state index contributed by atoms with van der Waals surface area (Å²) in [4.78, 5) is 45.0. The minimum Gasteiger partial charge on any atom is -0.356 e. The first-order chi connectivity index (χ1) is 11.9. The van der Waals surface area contributed by atoms with Crippen molar-refractivity contribution in [3.8, 4) is 0 Å². The maximum Gasteiger partial charge on any atom is 0.224 e. The molecule has 0 aliphatic carbocycles. The molecule has 0 saturated carbocycles. The lowest BCUT2D eigenvalue weighted by Crippen LogP contribution is -2.43. The van der Waals surface area contributed by atoms with Crippen LogP contribution >= 0.6 is 0 Å². The van der Waals surface area contributed by atoms with Gasteiger partial charge >= 0.3 is 0 Å². The van der Waals surface area contributed by atoms with Gasteiger partial charge in [-0.25, -0.2) is 0 Å². The summed E-state index contributed by atoms with van der Waals surface area (Å²) in [6.45, 7) is 7.51. The highest BCUT2D eigenvalue weighted by atomic mass is 16.2. The van der Waals surface area contributed by atoms with Crippen LogP contribution in [0.3, 0.4) is 0 Å². The van der Waals surface area contributed by atoms with Crippen LogP contribution in [0.15, 0.2) is 0 Å². The number of nitrogens with one attached hydrogen (secondary N) is 4. The molecule has 4 amide bonds. The van der Waals surface area contributed by atoms with E-state index in [1.54, 1.807) is 13.8 Å². The van der Waals surface area contributed by atoms with E-state index < -0.39 is 0 Å². The third-order valence-corrected chi connectivity index (χ3v) is 4.29. The van der Waals surface area contributed by atoms with Crippen LogP contribution in [0.5, 0.6) is 0 Å². The molecular formula is C17H32N4O4. The fourth-order valence-electron chi connectivity index (χ4n) is 2.53. The van der Waals surface area contributed by atoms with Crippen molar-refractivity contribution in [3.63, 3.8) is 0 Å². The highest BCUT2D eigenvalue weighted by molar-refractivity contribution is 5.80. The zero-order chi connectivity index (χ0) is 19.2. The Balaban J connectivity index is 4.18. The fourth-order valence-corrected chi connectivity index (χ4v) is 2.53. The van der Waals surface area contributed by atoms with Crippen molar-refractivity contribution in [2.75, 3.05) is 6.67 Å². The number of amides is 4. The predicted octanol–water partition coefficient (Wildman–Crippen LogP) is 0.278. The molecule has 0 aliphatic rings. The first-order valence-corrected chi connectivity index (χ1v) is 8.84. The molecule has 0 fully saturated rings. The zero-order valence-electron chi connectivity index (χ0n) is 15.6. The molecular weight excluding hydrogens is 324 g/mol. The second-order valence-electron chi connectivity index (χ2n) is 6.31. The van der Waals surface area contributed by atoms with Crippen molar-refractivity contribution in [2.24, 2.45) is 11.8 Å². The van der Waals surface area contributed by atoms with Gasteiger partial charge in [-0.2, -0.15) is 0 Å². The summed E-state index contributed by atoms with van der Waals surface area (Å²) in [5.74, 6) is -0.887. The van der Waals surface area contributed by atoms with Crippen LogP contribution in [-0.4, -0.2) is 43.4 Å². The summed E-state index contributed by atoms with van der Waals surface area (Å²) < 4.78 is 0. The second kappa shape index (κ2) is 13.2. The minimum absolute atomic E-state index is 0.0378. The van der Waals surface area contributed by atoms with Crippen LogP contribution in [0.1, 0.15) is 53.4 Å². The molecule has 0 rings (SSSR count). The van der Waals surface area contributed by atoms with E-state index >= 15 is 0 Å². The van der Waals surface area contributed by atoms with Gasteiger partial charge in [0.1, 0.15) is 0 Å². The molecule has 4 N–H and O–H groups in total. The van der Waals surface area contributed by atoms with E-state index in [1.807, 2.05) is 13.8 Å². The number of carbonyl (C=O) groups is 4. The van der Waals surface area contributed by atoms with Gasteiger partial charge in [-0.15, -0.1) is 0 Å². The third kappa shape index (κ3) is 9.69. The van der Waals surface area contributed by atoms with Gasteiger partial charge in [0.15, 0.2) is 0 Å². The minimum atomic E-state index is -0.270. The summed E-state index contributed by atoms with van der Waals surface area (Å²) in [5.41, 5.74) is 0. The molecule has 0 aromatic rings. The van der Waals surface area contributed by atoms with Crippen molar-refractivity contribution < 1.29 is 19.2 Å². The Morgan fingerprint density at radius 1 is 0.800 bits per heavy atom. The molecule has 0 saturated heterocycles. The molecule has 0 aromatic carbocycles. The van der Waals surface area contributed by atoms with Gasteiger partial charge in [-0.05, 0) is 25.7 Å². The first-order valence-electron chi connectivity index (χ1n) is 8.84. The zero-order valence-corrected chi connectivity index (χ0v) is 15.6. The quantitative estimate of drug-likeness (QED) is 0.264. The van der Waals surface area contributed by atoms with E-state index in [1.165, 1.54) is 0 Å². The Morgan fingerprint density at radius 3 is 1.44 bits per heavy atom. The van der Waals surface area contributed by atoms with Crippen LogP contribution in [0.2, 0.25) is 0 Å². The Bertz CT molecular complexity index is 393. The molecule has 0 radical (unpaired) electrons. The number of carbonyl (C=O) groups excluding carboxylic acids is 4. The van der Waals surface area contributed by atoms with Crippen LogP contribution in [-0.2, 0) is 19.2 Å². The van der Waals surface area contributed by atoms with Crippen molar-refractivity contribution >= 4 is 24.6 Å². The highest BCUT2D eigenvalue weighted by Gasteiger charge is 2.19. The SMILES string of the molecule is CCC(CC(C)C(=O)NCNC(=O)C(C)CC(CC)NC=O)NC=O. The van der Waals surface area contributed by atoms with Crippen LogP contribution in [0.4, 0.5) is 0 Å². The number of hydrogen-bond acceptors (Lipinski definition) is 4. The fraction of sp³-hybridized carbons (Fsp3) is 0.765.